The van der Waals surface area contributed by atoms with Gasteiger partial charge in [0.25, 0.3) is 0 Å². The van der Waals surface area contributed by atoms with Gasteiger partial charge in [0.05, 0.1) is 18.4 Å². The van der Waals surface area contributed by atoms with Crippen molar-refractivity contribution < 1.29 is 9.53 Å². The molecule has 1 aliphatic heterocycles. The van der Waals surface area contributed by atoms with E-state index in [2.05, 4.69) is 16.4 Å². The summed E-state index contributed by atoms with van der Waals surface area (Å²) in [5.41, 5.74) is 0. The summed E-state index contributed by atoms with van der Waals surface area (Å²) < 4.78 is 5.37. The number of carbonyl (C=O) groups excluding carboxylic acids is 1. The molecule has 0 unspecified atom stereocenters. The van der Waals surface area contributed by atoms with Gasteiger partial charge in [0, 0.05) is 18.2 Å². The summed E-state index contributed by atoms with van der Waals surface area (Å²) in [6.45, 7) is 1.43. The molecule has 1 saturated heterocycles. The molecule has 1 aliphatic rings. The van der Waals surface area contributed by atoms with Crippen LogP contribution < -0.4 is 5.32 Å². The van der Waals surface area contributed by atoms with Crippen LogP contribution in [0.5, 0.6) is 0 Å². The van der Waals surface area contributed by atoms with Gasteiger partial charge in [-0.15, -0.1) is 0 Å². The van der Waals surface area contributed by atoms with Crippen LogP contribution in [-0.2, 0) is 9.53 Å². The molecule has 1 N–H and O–H groups in total. The highest BCUT2D eigenvalue weighted by Gasteiger charge is 2.16. The molecule has 1 amide bonds. The van der Waals surface area contributed by atoms with Crippen LogP contribution in [0.25, 0.3) is 10.8 Å². The number of amides is 1. The molecule has 21 heavy (non-hydrogen) atoms. The average molecular weight is 302 g/mol. The Hall–Kier alpha value is -1.59. The number of nitrogens with zero attached hydrogens (tertiary/aromatic N) is 1. The molecular formula is C16H18N2O2S. The van der Waals surface area contributed by atoms with Gasteiger partial charge < -0.3 is 10.1 Å². The number of ether oxygens (including phenoxy) is 1. The van der Waals surface area contributed by atoms with E-state index in [1.807, 2.05) is 24.3 Å². The summed E-state index contributed by atoms with van der Waals surface area (Å²) in [6, 6.07) is 10.2. The number of aromatic nitrogens is 1. The van der Waals surface area contributed by atoms with E-state index >= 15 is 0 Å². The molecule has 2 aromatic rings. The van der Waals surface area contributed by atoms with Gasteiger partial charge in [-0.3, -0.25) is 4.79 Å². The van der Waals surface area contributed by atoms with Gasteiger partial charge in [-0.25, -0.2) is 4.98 Å². The van der Waals surface area contributed by atoms with E-state index in [0.717, 1.165) is 35.2 Å². The van der Waals surface area contributed by atoms with Gasteiger partial charge in [-0.1, -0.05) is 36.0 Å². The van der Waals surface area contributed by atoms with Crippen LogP contribution in [0.4, 0.5) is 0 Å². The number of hydrogen-bond donors (Lipinski definition) is 1. The Kier molecular flexibility index (Phi) is 4.72. The summed E-state index contributed by atoms with van der Waals surface area (Å²) in [5, 5.41) is 6.18. The number of hydrogen-bond acceptors (Lipinski definition) is 4. The Balaban J connectivity index is 1.59. The lowest BCUT2D eigenvalue weighted by atomic mass is 10.1. The van der Waals surface area contributed by atoms with Crippen LogP contribution in [0.3, 0.4) is 0 Å². The van der Waals surface area contributed by atoms with E-state index in [0.29, 0.717) is 12.4 Å². The van der Waals surface area contributed by atoms with Crippen LogP contribution in [0.1, 0.15) is 12.8 Å². The standard InChI is InChI=1S/C16H18N2O2S/c19-15(18-13-5-3-9-20-10-13)11-21-16-14-6-2-1-4-12(14)7-8-17-16/h1-2,4,6-8,13H,3,5,9-11H2,(H,18,19)/t13-/m0/s1. The first kappa shape index (κ1) is 14.4. The molecule has 1 aromatic heterocycles. The zero-order valence-corrected chi connectivity index (χ0v) is 12.6. The first-order valence-electron chi connectivity index (χ1n) is 7.16. The number of fused-ring (bicyclic) bond motifs is 1. The highest BCUT2D eigenvalue weighted by atomic mass is 32.2. The fourth-order valence-corrected chi connectivity index (χ4v) is 3.29. The van der Waals surface area contributed by atoms with Crippen LogP contribution in [0.2, 0.25) is 0 Å². The summed E-state index contributed by atoms with van der Waals surface area (Å²) in [5.74, 6) is 0.433. The predicted molar refractivity (Wildman–Crippen MR) is 84.5 cm³/mol. The van der Waals surface area contributed by atoms with E-state index in [9.17, 15) is 4.79 Å². The molecule has 3 rings (SSSR count). The molecule has 1 aromatic carbocycles. The van der Waals surface area contributed by atoms with Crippen molar-refractivity contribution in [3.63, 3.8) is 0 Å². The smallest absolute Gasteiger partial charge is 0.230 e. The predicted octanol–water partition coefficient (Wildman–Crippen LogP) is 2.62. The summed E-state index contributed by atoms with van der Waals surface area (Å²) in [4.78, 5) is 16.4. The van der Waals surface area contributed by atoms with Gasteiger partial charge in [0.1, 0.15) is 5.03 Å². The monoisotopic (exact) mass is 302 g/mol. The molecular weight excluding hydrogens is 284 g/mol. The number of thioether (sulfide) groups is 1. The maximum absolute atomic E-state index is 12.0. The minimum Gasteiger partial charge on any atom is -0.379 e. The van der Waals surface area contributed by atoms with E-state index in [1.54, 1.807) is 6.20 Å². The van der Waals surface area contributed by atoms with E-state index in [4.69, 9.17) is 4.74 Å². The lowest BCUT2D eigenvalue weighted by Gasteiger charge is -2.23. The first-order chi connectivity index (χ1) is 10.3. The number of nitrogens with one attached hydrogen (secondary N) is 1. The molecule has 0 radical (unpaired) electrons. The quantitative estimate of drug-likeness (QED) is 0.882. The Morgan fingerprint density at radius 2 is 2.29 bits per heavy atom. The van der Waals surface area contributed by atoms with Crippen molar-refractivity contribution >= 4 is 28.4 Å². The van der Waals surface area contributed by atoms with Gasteiger partial charge in [0.15, 0.2) is 0 Å². The molecule has 5 heteroatoms. The molecule has 0 saturated carbocycles. The lowest BCUT2D eigenvalue weighted by Crippen LogP contribution is -2.41. The van der Waals surface area contributed by atoms with Crippen LogP contribution in [0, 0.1) is 0 Å². The molecule has 1 atom stereocenters. The Labute approximate surface area is 128 Å². The fraction of sp³-hybridized carbons (Fsp3) is 0.375. The molecule has 0 aliphatic carbocycles. The fourth-order valence-electron chi connectivity index (χ4n) is 2.46. The highest BCUT2D eigenvalue weighted by molar-refractivity contribution is 8.00. The zero-order chi connectivity index (χ0) is 14.5. The number of pyridine rings is 1. The van der Waals surface area contributed by atoms with Crippen LogP contribution in [-0.4, -0.2) is 35.9 Å². The second-order valence-corrected chi connectivity index (χ2v) is 6.07. The molecule has 0 spiro atoms. The van der Waals surface area contributed by atoms with Gasteiger partial charge >= 0.3 is 0 Å². The summed E-state index contributed by atoms with van der Waals surface area (Å²) in [6.07, 6.45) is 3.81. The SMILES string of the molecule is O=C(CSc1nccc2ccccc12)N[C@H]1CCCOC1. The number of carbonyl (C=O) groups is 1. The van der Waals surface area contributed by atoms with E-state index < -0.39 is 0 Å². The zero-order valence-electron chi connectivity index (χ0n) is 11.7. The molecule has 0 bridgehead atoms. The third-order valence-electron chi connectivity index (χ3n) is 3.50. The summed E-state index contributed by atoms with van der Waals surface area (Å²) >= 11 is 1.48. The average Bonchev–Trinajstić information content (AvgIpc) is 2.54. The van der Waals surface area contributed by atoms with Crippen molar-refractivity contribution in [3.05, 3.63) is 36.5 Å². The second kappa shape index (κ2) is 6.91. The second-order valence-electron chi connectivity index (χ2n) is 5.11. The molecule has 1 fully saturated rings. The van der Waals surface area contributed by atoms with Gasteiger partial charge in [0.2, 0.25) is 5.91 Å². The van der Waals surface area contributed by atoms with E-state index in [1.165, 1.54) is 11.8 Å². The Bertz CT molecular complexity index is 621. The van der Waals surface area contributed by atoms with Gasteiger partial charge in [-0.2, -0.15) is 0 Å². The third kappa shape index (κ3) is 3.74. The van der Waals surface area contributed by atoms with Gasteiger partial charge in [-0.05, 0) is 24.3 Å². The first-order valence-corrected chi connectivity index (χ1v) is 8.15. The van der Waals surface area contributed by atoms with Crippen molar-refractivity contribution in [2.45, 2.75) is 23.9 Å². The molecule has 110 valence electrons. The van der Waals surface area contributed by atoms with Crippen molar-refractivity contribution in [3.8, 4) is 0 Å². The van der Waals surface area contributed by atoms with Crippen LogP contribution in [0.15, 0.2) is 41.6 Å². The van der Waals surface area contributed by atoms with Crippen molar-refractivity contribution in [1.82, 2.24) is 10.3 Å². The summed E-state index contributed by atoms with van der Waals surface area (Å²) in [7, 11) is 0. The van der Waals surface area contributed by atoms with Crippen molar-refractivity contribution in [1.29, 1.82) is 0 Å². The largest absolute Gasteiger partial charge is 0.379 e. The van der Waals surface area contributed by atoms with E-state index in [-0.39, 0.29) is 11.9 Å². The minimum atomic E-state index is 0.0465. The Morgan fingerprint density at radius 3 is 3.14 bits per heavy atom. The van der Waals surface area contributed by atoms with Crippen LogP contribution >= 0.6 is 11.8 Å². The minimum absolute atomic E-state index is 0.0465. The topological polar surface area (TPSA) is 51.2 Å². The maximum Gasteiger partial charge on any atom is 0.230 e. The molecule has 4 nitrogen and oxygen atoms in total. The third-order valence-corrected chi connectivity index (χ3v) is 4.51. The van der Waals surface area contributed by atoms with Crippen molar-refractivity contribution in [2.75, 3.05) is 19.0 Å². The normalized spacial score (nSPS) is 18.6. The lowest BCUT2D eigenvalue weighted by molar-refractivity contribution is -0.120. The van der Waals surface area contributed by atoms with Crippen molar-refractivity contribution in [2.24, 2.45) is 0 Å². The Morgan fingerprint density at radius 1 is 1.38 bits per heavy atom. The molecule has 2 heterocycles. The number of rotatable bonds is 4. The maximum atomic E-state index is 12.0. The highest BCUT2D eigenvalue weighted by Crippen LogP contribution is 2.25. The number of benzene rings is 1.